The summed E-state index contributed by atoms with van der Waals surface area (Å²) in [5.74, 6) is 0. The summed E-state index contributed by atoms with van der Waals surface area (Å²) in [6.45, 7) is 4.06. The van der Waals surface area contributed by atoms with E-state index in [0.717, 1.165) is 16.3 Å². The summed E-state index contributed by atoms with van der Waals surface area (Å²) in [6.07, 6.45) is 1.85. The highest BCUT2D eigenvalue weighted by molar-refractivity contribution is 7.14. The van der Waals surface area contributed by atoms with E-state index in [4.69, 9.17) is 11.6 Å². The molecule has 0 aliphatic rings. The first-order chi connectivity index (χ1) is 9.63. The van der Waals surface area contributed by atoms with Crippen LogP contribution in [0.5, 0.6) is 0 Å². The SMILES string of the molecule is Cc1ccc(-c2csc(-c3ccnc(C)c3)c2)c(Cl)c1. The lowest BCUT2D eigenvalue weighted by atomic mass is 10.1. The third kappa shape index (κ3) is 2.62. The average Bonchev–Trinajstić information content (AvgIpc) is 2.88. The Morgan fingerprint density at radius 2 is 1.85 bits per heavy atom. The van der Waals surface area contributed by atoms with E-state index in [2.05, 4.69) is 41.6 Å². The van der Waals surface area contributed by atoms with Crippen LogP contribution in [0.2, 0.25) is 5.02 Å². The third-order valence-corrected chi connectivity index (χ3v) is 4.51. The molecular formula is C17H14ClNS. The first-order valence-electron chi connectivity index (χ1n) is 6.41. The van der Waals surface area contributed by atoms with Gasteiger partial charge in [0.2, 0.25) is 0 Å². The molecule has 1 nitrogen and oxygen atoms in total. The molecule has 3 heteroatoms. The van der Waals surface area contributed by atoms with Gasteiger partial charge in [0.05, 0.1) is 0 Å². The number of aromatic nitrogens is 1. The summed E-state index contributed by atoms with van der Waals surface area (Å²) >= 11 is 8.07. The Balaban J connectivity index is 2.02. The molecule has 3 aromatic rings. The molecule has 3 rings (SSSR count). The molecule has 0 bridgehead atoms. The van der Waals surface area contributed by atoms with Crippen molar-refractivity contribution >= 4 is 22.9 Å². The fourth-order valence-electron chi connectivity index (χ4n) is 2.18. The van der Waals surface area contributed by atoms with Gasteiger partial charge in [0.1, 0.15) is 0 Å². The monoisotopic (exact) mass is 299 g/mol. The Morgan fingerprint density at radius 3 is 2.60 bits per heavy atom. The first-order valence-corrected chi connectivity index (χ1v) is 7.67. The molecule has 0 aliphatic heterocycles. The van der Waals surface area contributed by atoms with Crippen LogP contribution in [0.3, 0.4) is 0 Å². The van der Waals surface area contributed by atoms with Crippen LogP contribution in [0, 0.1) is 13.8 Å². The molecule has 0 atom stereocenters. The quantitative estimate of drug-likeness (QED) is 0.587. The fourth-order valence-corrected chi connectivity index (χ4v) is 3.43. The van der Waals surface area contributed by atoms with Crippen molar-refractivity contribution in [1.82, 2.24) is 4.98 Å². The Morgan fingerprint density at radius 1 is 1.00 bits per heavy atom. The largest absolute Gasteiger partial charge is 0.262 e. The molecule has 0 spiro atoms. The summed E-state index contributed by atoms with van der Waals surface area (Å²) in [4.78, 5) is 5.48. The lowest BCUT2D eigenvalue weighted by Gasteiger charge is -2.02. The lowest BCUT2D eigenvalue weighted by molar-refractivity contribution is 1.20. The molecule has 2 heterocycles. The predicted octanol–water partition coefficient (Wildman–Crippen LogP) is 5.75. The lowest BCUT2D eigenvalue weighted by Crippen LogP contribution is -1.80. The molecule has 2 aromatic heterocycles. The number of thiophene rings is 1. The number of nitrogens with zero attached hydrogens (tertiary/aromatic N) is 1. The number of hydrogen-bond donors (Lipinski definition) is 0. The first kappa shape index (κ1) is 13.3. The van der Waals surface area contributed by atoms with Crippen LogP contribution in [0.4, 0.5) is 0 Å². The standard InChI is InChI=1S/C17H14ClNS/c1-11-3-4-15(16(18)7-11)14-9-17(20-10-14)13-5-6-19-12(2)8-13/h3-10H,1-2H3. The van der Waals surface area contributed by atoms with Gasteiger partial charge in [0.15, 0.2) is 0 Å². The van der Waals surface area contributed by atoms with E-state index in [9.17, 15) is 0 Å². The van der Waals surface area contributed by atoms with Gasteiger partial charge < -0.3 is 0 Å². The van der Waals surface area contributed by atoms with Gasteiger partial charge in [-0.15, -0.1) is 11.3 Å². The van der Waals surface area contributed by atoms with Gasteiger partial charge in [-0.3, -0.25) is 4.98 Å². The van der Waals surface area contributed by atoms with Crippen molar-refractivity contribution in [3.8, 4) is 21.6 Å². The number of pyridine rings is 1. The van der Waals surface area contributed by atoms with Crippen LogP contribution >= 0.6 is 22.9 Å². The van der Waals surface area contributed by atoms with E-state index in [1.807, 2.05) is 25.3 Å². The van der Waals surface area contributed by atoms with Crippen LogP contribution < -0.4 is 0 Å². The van der Waals surface area contributed by atoms with Gasteiger partial charge in [-0.2, -0.15) is 0 Å². The summed E-state index contributed by atoms with van der Waals surface area (Å²) in [5, 5.41) is 2.96. The highest BCUT2D eigenvalue weighted by Gasteiger charge is 2.08. The van der Waals surface area contributed by atoms with Gasteiger partial charge in [0, 0.05) is 27.4 Å². The maximum Gasteiger partial charge on any atom is 0.0487 e. The van der Waals surface area contributed by atoms with Crippen molar-refractivity contribution in [3.63, 3.8) is 0 Å². The minimum atomic E-state index is 0.806. The summed E-state index contributed by atoms with van der Waals surface area (Å²) in [5.41, 5.74) is 5.68. The number of halogens is 1. The Kier molecular flexibility index (Phi) is 3.60. The minimum absolute atomic E-state index is 0.806. The second-order valence-electron chi connectivity index (χ2n) is 4.87. The smallest absolute Gasteiger partial charge is 0.0487 e. The molecule has 0 fully saturated rings. The average molecular weight is 300 g/mol. The molecule has 0 radical (unpaired) electrons. The van der Waals surface area contributed by atoms with E-state index in [1.54, 1.807) is 11.3 Å². The van der Waals surface area contributed by atoms with Crippen molar-refractivity contribution in [2.75, 3.05) is 0 Å². The Bertz CT molecular complexity index is 761. The Hall–Kier alpha value is -1.64. The van der Waals surface area contributed by atoms with E-state index < -0.39 is 0 Å². The van der Waals surface area contributed by atoms with Crippen LogP contribution in [0.15, 0.2) is 48.0 Å². The molecule has 0 saturated heterocycles. The van der Waals surface area contributed by atoms with Crippen molar-refractivity contribution in [3.05, 3.63) is 64.3 Å². The van der Waals surface area contributed by atoms with E-state index >= 15 is 0 Å². The van der Waals surface area contributed by atoms with Crippen molar-refractivity contribution in [1.29, 1.82) is 0 Å². The minimum Gasteiger partial charge on any atom is -0.262 e. The van der Waals surface area contributed by atoms with E-state index in [-0.39, 0.29) is 0 Å². The van der Waals surface area contributed by atoms with Crippen LogP contribution in [-0.4, -0.2) is 4.98 Å². The second-order valence-corrected chi connectivity index (χ2v) is 6.19. The molecule has 1 aromatic carbocycles. The highest BCUT2D eigenvalue weighted by atomic mass is 35.5. The molecule has 0 N–H and O–H groups in total. The zero-order valence-electron chi connectivity index (χ0n) is 11.4. The Labute approximate surface area is 127 Å². The van der Waals surface area contributed by atoms with Gasteiger partial charge >= 0.3 is 0 Å². The number of rotatable bonds is 2. The maximum absolute atomic E-state index is 6.34. The fraction of sp³-hybridized carbons (Fsp3) is 0.118. The number of hydrogen-bond acceptors (Lipinski definition) is 2. The molecule has 100 valence electrons. The maximum atomic E-state index is 6.34. The van der Waals surface area contributed by atoms with E-state index in [0.29, 0.717) is 0 Å². The zero-order chi connectivity index (χ0) is 14.1. The molecular weight excluding hydrogens is 286 g/mol. The van der Waals surface area contributed by atoms with Crippen molar-refractivity contribution < 1.29 is 0 Å². The highest BCUT2D eigenvalue weighted by Crippen LogP contribution is 2.36. The van der Waals surface area contributed by atoms with Crippen LogP contribution in [0.25, 0.3) is 21.6 Å². The van der Waals surface area contributed by atoms with Crippen LogP contribution in [0.1, 0.15) is 11.3 Å². The van der Waals surface area contributed by atoms with Gasteiger partial charge in [0.25, 0.3) is 0 Å². The normalized spacial score (nSPS) is 10.8. The summed E-state index contributed by atoms with van der Waals surface area (Å²) < 4.78 is 0. The van der Waals surface area contributed by atoms with E-state index in [1.165, 1.54) is 21.6 Å². The molecule has 0 unspecified atom stereocenters. The van der Waals surface area contributed by atoms with Crippen molar-refractivity contribution in [2.24, 2.45) is 0 Å². The molecule has 0 aliphatic carbocycles. The van der Waals surface area contributed by atoms with Gasteiger partial charge in [-0.25, -0.2) is 0 Å². The summed E-state index contributed by atoms with van der Waals surface area (Å²) in [6, 6.07) is 12.5. The molecule has 20 heavy (non-hydrogen) atoms. The topological polar surface area (TPSA) is 12.9 Å². The summed E-state index contributed by atoms with van der Waals surface area (Å²) in [7, 11) is 0. The van der Waals surface area contributed by atoms with Crippen LogP contribution in [-0.2, 0) is 0 Å². The molecule has 0 saturated carbocycles. The number of aryl methyl sites for hydroxylation is 2. The number of benzene rings is 1. The zero-order valence-corrected chi connectivity index (χ0v) is 12.9. The third-order valence-electron chi connectivity index (χ3n) is 3.22. The van der Waals surface area contributed by atoms with Gasteiger partial charge in [-0.1, -0.05) is 23.7 Å². The predicted molar refractivity (Wildman–Crippen MR) is 87.5 cm³/mol. The van der Waals surface area contributed by atoms with Gasteiger partial charge in [-0.05, 0) is 60.2 Å². The van der Waals surface area contributed by atoms with Crippen molar-refractivity contribution in [2.45, 2.75) is 13.8 Å². The second kappa shape index (κ2) is 5.39. The molecule has 0 amide bonds.